The zero-order chi connectivity index (χ0) is 16.4. The summed E-state index contributed by atoms with van der Waals surface area (Å²) in [6, 6.07) is 23.6. The van der Waals surface area contributed by atoms with E-state index >= 15 is 0 Å². The lowest BCUT2D eigenvalue weighted by molar-refractivity contribution is 0.475. The van der Waals surface area contributed by atoms with Crippen molar-refractivity contribution in [1.82, 2.24) is 0 Å². The van der Waals surface area contributed by atoms with Crippen molar-refractivity contribution in [3.63, 3.8) is 0 Å². The number of benzene rings is 3. The Hall–Kier alpha value is -3.20. The normalized spacial score (nSPS) is 12.8. The van der Waals surface area contributed by atoms with E-state index in [0.29, 0.717) is 0 Å². The largest absolute Gasteiger partial charge is 0.508 e. The van der Waals surface area contributed by atoms with Gasteiger partial charge in [0.1, 0.15) is 11.5 Å². The summed E-state index contributed by atoms with van der Waals surface area (Å²) in [6.45, 7) is 0. The molecule has 0 bridgehead atoms. The number of rotatable bonds is 2. The minimum absolute atomic E-state index is 0.244. The Morgan fingerprint density at radius 2 is 1.33 bits per heavy atom. The van der Waals surface area contributed by atoms with E-state index in [-0.39, 0.29) is 5.75 Å². The zero-order valence-electron chi connectivity index (χ0n) is 13.1. The van der Waals surface area contributed by atoms with Gasteiger partial charge in [0.25, 0.3) is 0 Å². The van der Waals surface area contributed by atoms with Crippen LogP contribution in [0.1, 0.15) is 27.8 Å². The highest BCUT2D eigenvalue weighted by Gasteiger charge is 2.20. The molecule has 0 heterocycles. The van der Waals surface area contributed by atoms with Gasteiger partial charge in [-0.05, 0) is 47.4 Å². The van der Waals surface area contributed by atoms with Crippen LogP contribution >= 0.6 is 0 Å². The Balaban J connectivity index is 1.75. The molecule has 0 amide bonds. The van der Waals surface area contributed by atoms with Crippen molar-refractivity contribution in [1.29, 1.82) is 0 Å². The molecular formula is C21H16N2O. The van der Waals surface area contributed by atoms with Crippen molar-refractivity contribution in [2.45, 2.75) is 6.42 Å². The van der Waals surface area contributed by atoms with Crippen molar-refractivity contribution in [2.24, 2.45) is 10.2 Å². The Kier molecular flexibility index (Phi) is 3.67. The Labute approximate surface area is 140 Å². The summed E-state index contributed by atoms with van der Waals surface area (Å²) < 4.78 is 0. The first-order valence-corrected chi connectivity index (χ1v) is 7.88. The molecule has 4 rings (SSSR count). The monoisotopic (exact) mass is 312 g/mol. The maximum Gasteiger partial charge on any atom is 0.115 e. The summed E-state index contributed by atoms with van der Waals surface area (Å²) in [5.41, 5.74) is 6.62. The van der Waals surface area contributed by atoms with Gasteiger partial charge >= 0.3 is 0 Å². The summed E-state index contributed by atoms with van der Waals surface area (Å²) in [7, 11) is 0. The molecule has 0 unspecified atom stereocenters. The number of aromatic hydroxyl groups is 1. The second-order valence-corrected chi connectivity index (χ2v) is 5.78. The second-order valence-electron chi connectivity index (χ2n) is 5.78. The number of nitrogens with zero attached hydrogens (tertiary/aromatic N) is 2. The van der Waals surface area contributed by atoms with Crippen LogP contribution in [-0.2, 0) is 6.42 Å². The third kappa shape index (κ3) is 2.72. The molecule has 1 aliphatic rings. The molecular weight excluding hydrogens is 296 g/mol. The quantitative estimate of drug-likeness (QED) is 0.438. The third-order valence-corrected chi connectivity index (χ3v) is 4.18. The smallest absolute Gasteiger partial charge is 0.115 e. The highest BCUT2D eigenvalue weighted by molar-refractivity contribution is 6.16. The highest BCUT2D eigenvalue weighted by atomic mass is 16.3. The average Bonchev–Trinajstić information content (AvgIpc) is 2.63. The van der Waals surface area contributed by atoms with Gasteiger partial charge in [0.05, 0.1) is 6.21 Å². The summed E-state index contributed by atoms with van der Waals surface area (Å²) in [5, 5.41) is 18.1. The van der Waals surface area contributed by atoms with Gasteiger partial charge in [-0.2, -0.15) is 5.10 Å². The van der Waals surface area contributed by atoms with Gasteiger partial charge in [-0.3, -0.25) is 0 Å². The second kappa shape index (κ2) is 6.13. The first kappa shape index (κ1) is 14.4. The van der Waals surface area contributed by atoms with Crippen molar-refractivity contribution < 1.29 is 5.11 Å². The molecule has 0 aromatic heterocycles. The maximum absolute atomic E-state index is 9.33. The van der Waals surface area contributed by atoms with Gasteiger partial charge in [-0.25, -0.2) is 0 Å². The van der Waals surface area contributed by atoms with Gasteiger partial charge in [-0.15, -0.1) is 5.10 Å². The topological polar surface area (TPSA) is 45.0 Å². The summed E-state index contributed by atoms with van der Waals surface area (Å²) in [6.07, 6.45) is 2.62. The van der Waals surface area contributed by atoms with Crippen LogP contribution in [0.2, 0.25) is 0 Å². The SMILES string of the molecule is Oc1ccc(/C=N\N=C2c3ccccc3Cc3ccccc32)cc1. The van der Waals surface area contributed by atoms with E-state index in [2.05, 4.69) is 46.6 Å². The summed E-state index contributed by atoms with van der Waals surface area (Å²) in [4.78, 5) is 0. The van der Waals surface area contributed by atoms with Crippen LogP contribution < -0.4 is 0 Å². The van der Waals surface area contributed by atoms with E-state index < -0.39 is 0 Å². The van der Waals surface area contributed by atoms with Crippen LogP contribution in [0, 0.1) is 0 Å². The lowest BCUT2D eigenvalue weighted by Gasteiger charge is -2.20. The van der Waals surface area contributed by atoms with E-state index in [9.17, 15) is 5.11 Å². The number of fused-ring (bicyclic) bond motifs is 2. The fraction of sp³-hybridized carbons (Fsp3) is 0.0476. The van der Waals surface area contributed by atoms with E-state index in [1.807, 2.05) is 24.3 Å². The minimum atomic E-state index is 0.244. The standard InChI is InChI=1S/C21H16N2O/c24-18-11-9-15(10-12-18)14-22-23-21-19-7-3-1-5-16(19)13-17-6-2-4-8-20(17)21/h1-12,14,24H,13H2/b22-14-. The highest BCUT2D eigenvalue weighted by Crippen LogP contribution is 2.27. The van der Waals surface area contributed by atoms with Crippen LogP contribution in [0.15, 0.2) is 83.0 Å². The van der Waals surface area contributed by atoms with Crippen molar-refractivity contribution in [3.8, 4) is 5.75 Å². The molecule has 3 aromatic rings. The Morgan fingerprint density at radius 3 is 1.96 bits per heavy atom. The fourth-order valence-corrected chi connectivity index (χ4v) is 2.98. The molecule has 0 spiro atoms. The Bertz CT molecular complexity index is 893. The molecule has 0 atom stereocenters. The number of phenols is 1. The van der Waals surface area contributed by atoms with Crippen LogP contribution in [0.5, 0.6) is 5.75 Å². The predicted molar refractivity (Wildman–Crippen MR) is 97.0 cm³/mol. The molecule has 0 fully saturated rings. The number of phenolic OH excluding ortho intramolecular Hbond substituents is 1. The molecule has 0 saturated carbocycles. The summed E-state index contributed by atoms with van der Waals surface area (Å²) >= 11 is 0. The summed E-state index contributed by atoms with van der Waals surface area (Å²) in [5.74, 6) is 0.244. The first-order valence-electron chi connectivity index (χ1n) is 7.88. The molecule has 24 heavy (non-hydrogen) atoms. The van der Waals surface area contributed by atoms with E-state index in [1.165, 1.54) is 11.1 Å². The van der Waals surface area contributed by atoms with Crippen molar-refractivity contribution in [3.05, 3.63) is 101 Å². The minimum Gasteiger partial charge on any atom is -0.508 e. The van der Waals surface area contributed by atoms with E-state index in [4.69, 9.17) is 0 Å². The van der Waals surface area contributed by atoms with Gasteiger partial charge in [0.2, 0.25) is 0 Å². The third-order valence-electron chi connectivity index (χ3n) is 4.18. The molecule has 1 aliphatic carbocycles. The maximum atomic E-state index is 9.33. The molecule has 3 heteroatoms. The molecule has 0 saturated heterocycles. The number of hydrogen-bond acceptors (Lipinski definition) is 3. The molecule has 116 valence electrons. The molecule has 0 aliphatic heterocycles. The van der Waals surface area contributed by atoms with Crippen LogP contribution in [-0.4, -0.2) is 17.0 Å². The molecule has 0 radical (unpaired) electrons. The van der Waals surface area contributed by atoms with Gasteiger partial charge in [-0.1, -0.05) is 48.5 Å². The molecule has 3 aromatic carbocycles. The van der Waals surface area contributed by atoms with Crippen LogP contribution in [0.4, 0.5) is 0 Å². The van der Waals surface area contributed by atoms with E-state index in [0.717, 1.165) is 28.8 Å². The lowest BCUT2D eigenvalue weighted by Crippen LogP contribution is -2.15. The zero-order valence-corrected chi connectivity index (χ0v) is 13.1. The van der Waals surface area contributed by atoms with Crippen molar-refractivity contribution >= 4 is 11.9 Å². The number of hydrogen-bond donors (Lipinski definition) is 1. The molecule has 3 nitrogen and oxygen atoms in total. The van der Waals surface area contributed by atoms with Gasteiger partial charge in [0.15, 0.2) is 0 Å². The first-order chi connectivity index (χ1) is 11.8. The van der Waals surface area contributed by atoms with Crippen LogP contribution in [0.25, 0.3) is 0 Å². The van der Waals surface area contributed by atoms with E-state index in [1.54, 1.807) is 18.3 Å². The fourth-order valence-electron chi connectivity index (χ4n) is 2.98. The van der Waals surface area contributed by atoms with Crippen LogP contribution in [0.3, 0.4) is 0 Å². The average molecular weight is 312 g/mol. The van der Waals surface area contributed by atoms with Gasteiger partial charge < -0.3 is 5.11 Å². The van der Waals surface area contributed by atoms with Gasteiger partial charge in [0, 0.05) is 11.1 Å². The predicted octanol–water partition coefficient (Wildman–Crippen LogP) is 4.17. The van der Waals surface area contributed by atoms with Crippen molar-refractivity contribution in [2.75, 3.05) is 0 Å². The molecule has 1 N–H and O–H groups in total. The lowest BCUT2D eigenvalue weighted by atomic mass is 9.85. The Morgan fingerprint density at radius 1 is 0.750 bits per heavy atom.